The van der Waals surface area contributed by atoms with E-state index in [9.17, 15) is 9.59 Å². The molecule has 0 aromatic carbocycles. The Morgan fingerprint density at radius 1 is 1.29 bits per heavy atom. The Kier molecular flexibility index (Phi) is 5.41. The van der Waals surface area contributed by atoms with Gasteiger partial charge in [0.05, 0.1) is 6.04 Å². The van der Waals surface area contributed by atoms with Crippen LogP contribution in [0.15, 0.2) is 0 Å². The topological polar surface area (TPSA) is 75.4 Å². The number of piperidine rings is 1. The molecule has 0 bridgehead atoms. The standard InChI is InChI=1S/C12H23N3O2/c1-3-10(13)11(16)14-9(2)12(17)15-7-5-4-6-8-15/h9-10H,3-8,13H2,1-2H3,(H,14,16)/t9?,10-/m1/s1. The second-order valence-electron chi connectivity index (χ2n) is 4.63. The summed E-state index contributed by atoms with van der Waals surface area (Å²) in [6, 6.07) is -0.996. The van der Waals surface area contributed by atoms with E-state index >= 15 is 0 Å². The Hall–Kier alpha value is -1.10. The van der Waals surface area contributed by atoms with E-state index in [1.807, 2.05) is 11.8 Å². The Bertz CT molecular complexity index is 275. The van der Waals surface area contributed by atoms with Crippen LogP contribution in [0.3, 0.4) is 0 Å². The molecule has 0 saturated carbocycles. The number of hydrogen-bond acceptors (Lipinski definition) is 3. The molecule has 1 fully saturated rings. The molecule has 1 saturated heterocycles. The van der Waals surface area contributed by atoms with Gasteiger partial charge in [-0.15, -0.1) is 0 Å². The summed E-state index contributed by atoms with van der Waals surface area (Å²) < 4.78 is 0. The first-order valence-electron chi connectivity index (χ1n) is 6.41. The maximum atomic E-state index is 12.0. The number of carbonyl (C=O) groups excluding carboxylic acids is 2. The molecule has 2 atom stereocenters. The largest absolute Gasteiger partial charge is 0.343 e. The van der Waals surface area contributed by atoms with Crippen molar-refractivity contribution in [3.05, 3.63) is 0 Å². The lowest BCUT2D eigenvalue weighted by Crippen LogP contribution is -2.52. The first-order valence-corrected chi connectivity index (χ1v) is 6.41. The van der Waals surface area contributed by atoms with Gasteiger partial charge in [-0.2, -0.15) is 0 Å². The van der Waals surface area contributed by atoms with Crippen LogP contribution in [0.4, 0.5) is 0 Å². The van der Waals surface area contributed by atoms with Crippen molar-refractivity contribution < 1.29 is 9.59 Å². The Morgan fingerprint density at radius 3 is 2.41 bits per heavy atom. The zero-order valence-electron chi connectivity index (χ0n) is 10.7. The summed E-state index contributed by atoms with van der Waals surface area (Å²) >= 11 is 0. The van der Waals surface area contributed by atoms with Crippen molar-refractivity contribution in [2.45, 2.75) is 51.6 Å². The highest BCUT2D eigenvalue weighted by molar-refractivity contribution is 5.89. The van der Waals surface area contributed by atoms with E-state index in [1.54, 1.807) is 6.92 Å². The molecule has 17 heavy (non-hydrogen) atoms. The Morgan fingerprint density at radius 2 is 1.88 bits per heavy atom. The van der Waals surface area contributed by atoms with Gasteiger partial charge in [0.25, 0.3) is 0 Å². The lowest BCUT2D eigenvalue weighted by Gasteiger charge is -2.29. The molecule has 5 nitrogen and oxygen atoms in total. The SMILES string of the molecule is CC[C@@H](N)C(=O)NC(C)C(=O)N1CCCCC1. The molecular weight excluding hydrogens is 218 g/mol. The van der Waals surface area contributed by atoms with Crippen LogP contribution in [0.2, 0.25) is 0 Å². The van der Waals surface area contributed by atoms with Crippen LogP contribution in [0.25, 0.3) is 0 Å². The highest BCUT2D eigenvalue weighted by Gasteiger charge is 2.24. The number of likely N-dealkylation sites (tertiary alicyclic amines) is 1. The van der Waals surface area contributed by atoms with E-state index in [0.29, 0.717) is 6.42 Å². The van der Waals surface area contributed by atoms with Crippen LogP contribution < -0.4 is 11.1 Å². The molecule has 1 heterocycles. The number of carbonyl (C=O) groups is 2. The van der Waals surface area contributed by atoms with Crippen molar-refractivity contribution in [1.29, 1.82) is 0 Å². The molecule has 1 rings (SSSR count). The summed E-state index contributed by atoms with van der Waals surface area (Å²) in [7, 11) is 0. The van der Waals surface area contributed by atoms with E-state index < -0.39 is 12.1 Å². The van der Waals surface area contributed by atoms with Gasteiger partial charge in [-0.05, 0) is 32.6 Å². The third-order valence-electron chi connectivity index (χ3n) is 3.17. The fraction of sp³-hybridized carbons (Fsp3) is 0.833. The minimum atomic E-state index is -0.522. The lowest BCUT2D eigenvalue weighted by molar-refractivity contribution is -0.137. The van der Waals surface area contributed by atoms with Gasteiger partial charge >= 0.3 is 0 Å². The highest BCUT2D eigenvalue weighted by atomic mass is 16.2. The molecule has 0 spiro atoms. The van der Waals surface area contributed by atoms with Crippen molar-refractivity contribution >= 4 is 11.8 Å². The minimum absolute atomic E-state index is 0.00125. The van der Waals surface area contributed by atoms with Crippen LogP contribution in [0.1, 0.15) is 39.5 Å². The van der Waals surface area contributed by atoms with Gasteiger partial charge in [0.15, 0.2) is 0 Å². The number of rotatable bonds is 4. The summed E-state index contributed by atoms with van der Waals surface area (Å²) in [5, 5.41) is 2.67. The van der Waals surface area contributed by atoms with Crippen LogP contribution in [0, 0.1) is 0 Å². The van der Waals surface area contributed by atoms with Crippen molar-refractivity contribution in [2.75, 3.05) is 13.1 Å². The zero-order valence-corrected chi connectivity index (χ0v) is 10.7. The minimum Gasteiger partial charge on any atom is -0.343 e. The molecule has 1 unspecified atom stereocenters. The number of hydrogen-bond donors (Lipinski definition) is 2. The van der Waals surface area contributed by atoms with Gasteiger partial charge in [-0.1, -0.05) is 6.92 Å². The van der Waals surface area contributed by atoms with Gasteiger partial charge in [0.1, 0.15) is 6.04 Å². The van der Waals surface area contributed by atoms with Crippen LogP contribution in [-0.2, 0) is 9.59 Å². The maximum absolute atomic E-state index is 12.0. The fourth-order valence-corrected chi connectivity index (χ4v) is 1.96. The first-order chi connectivity index (χ1) is 8.06. The zero-order chi connectivity index (χ0) is 12.8. The normalized spacial score (nSPS) is 19.6. The molecule has 0 aromatic rings. The molecule has 1 aliphatic rings. The smallest absolute Gasteiger partial charge is 0.244 e. The van der Waals surface area contributed by atoms with Crippen molar-refractivity contribution in [3.63, 3.8) is 0 Å². The predicted molar refractivity (Wildman–Crippen MR) is 66.3 cm³/mol. The van der Waals surface area contributed by atoms with Gasteiger partial charge in [0, 0.05) is 13.1 Å². The van der Waals surface area contributed by atoms with Crippen molar-refractivity contribution in [2.24, 2.45) is 5.73 Å². The molecule has 98 valence electrons. The number of nitrogens with two attached hydrogens (primary N) is 1. The van der Waals surface area contributed by atoms with E-state index in [0.717, 1.165) is 25.9 Å². The van der Waals surface area contributed by atoms with Crippen LogP contribution in [0.5, 0.6) is 0 Å². The summed E-state index contributed by atoms with van der Waals surface area (Å²) in [6.45, 7) is 5.18. The number of nitrogens with zero attached hydrogens (tertiary/aromatic N) is 1. The van der Waals surface area contributed by atoms with Gasteiger partial charge in [0.2, 0.25) is 11.8 Å². The second-order valence-corrected chi connectivity index (χ2v) is 4.63. The Balaban J connectivity index is 2.43. The third-order valence-corrected chi connectivity index (χ3v) is 3.17. The lowest BCUT2D eigenvalue weighted by atomic mass is 10.1. The third kappa shape index (κ3) is 4.00. The quantitative estimate of drug-likeness (QED) is 0.740. The summed E-state index contributed by atoms with van der Waals surface area (Å²) in [6.07, 6.45) is 3.88. The van der Waals surface area contributed by atoms with Gasteiger partial charge in [-0.3, -0.25) is 9.59 Å². The fourth-order valence-electron chi connectivity index (χ4n) is 1.96. The number of nitrogens with one attached hydrogen (secondary N) is 1. The average molecular weight is 241 g/mol. The van der Waals surface area contributed by atoms with Gasteiger partial charge < -0.3 is 16.0 Å². The maximum Gasteiger partial charge on any atom is 0.244 e. The highest BCUT2D eigenvalue weighted by Crippen LogP contribution is 2.09. The predicted octanol–water partition coefficient (Wildman–Crippen LogP) is 0.241. The molecule has 1 aliphatic heterocycles. The van der Waals surface area contributed by atoms with Crippen molar-refractivity contribution in [1.82, 2.24) is 10.2 Å². The van der Waals surface area contributed by atoms with Crippen molar-refractivity contribution in [3.8, 4) is 0 Å². The molecule has 0 radical (unpaired) electrons. The van der Waals surface area contributed by atoms with E-state index in [-0.39, 0.29) is 11.8 Å². The Labute approximate surface area is 103 Å². The van der Waals surface area contributed by atoms with Crippen LogP contribution in [-0.4, -0.2) is 41.9 Å². The molecule has 0 aliphatic carbocycles. The molecular formula is C12H23N3O2. The first kappa shape index (κ1) is 14.0. The summed E-state index contributed by atoms with van der Waals surface area (Å²) in [5.41, 5.74) is 5.61. The monoisotopic (exact) mass is 241 g/mol. The molecule has 0 aromatic heterocycles. The van der Waals surface area contributed by atoms with E-state index in [2.05, 4.69) is 5.32 Å². The summed E-state index contributed by atoms with van der Waals surface area (Å²) in [4.78, 5) is 25.4. The molecule has 3 N–H and O–H groups in total. The van der Waals surface area contributed by atoms with Gasteiger partial charge in [-0.25, -0.2) is 0 Å². The van der Waals surface area contributed by atoms with E-state index in [1.165, 1.54) is 6.42 Å². The van der Waals surface area contributed by atoms with E-state index in [4.69, 9.17) is 5.73 Å². The molecule has 5 heteroatoms. The second kappa shape index (κ2) is 6.59. The number of amides is 2. The molecule has 2 amide bonds. The summed E-state index contributed by atoms with van der Waals surface area (Å²) in [5.74, 6) is -0.244. The van der Waals surface area contributed by atoms with Crippen LogP contribution >= 0.6 is 0 Å². The average Bonchev–Trinajstić information content (AvgIpc) is 2.37.